The van der Waals surface area contributed by atoms with Gasteiger partial charge in [-0.25, -0.2) is 4.79 Å². The third-order valence-corrected chi connectivity index (χ3v) is 6.97. The molecule has 5 heteroatoms. The maximum absolute atomic E-state index is 12.0. The summed E-state index contributed by atoms with van der Waals surface area (Å²) in [6.45, 7) is 9.34. The van der Waals surface area contributed by atoms with E-state index in [0.29, 0.717) is 18.1 Å². The number of nitrogens with zero attached hydrogens (tertiary/aromatic N) is 2. The number of carboxylic acids is 1. The van der Waals surface area contributed by atoms with Crippen LogP contribution < -0.4 is 0 Å². The lowest BCUT2D eigenvalue weighted by atomic mass is 9.63. The molecule has 2 aromatic rings. The van der Waals surface area contributed by atoms with Crippen molar-refractivity contribution in [1.29, 1.82) is 0 Å². The number of aromatic nitrogens is 2. The van der Waals surface area contributed by atoms with Crippen LogP contribution in [0.15, 0.2) is 48.1 Å². The van der Waals surface area contributed by atoms with Gasteiger partial charge in [-0.1, -0.05) is 70.5 Å². The van der Waals surface area contributed by atoms with E-state index in [-0.39, 0.29) is 11.3 Å². The molecule has 1 heterocycles. The van der Waals surface area contributed by atoms with Crippen molar-refractivity contribution in [3.05, 3.63) is 76.1 Å². The van der Waals surface area contributed by atoms with Crippen LogP contribution in [0.5, 0.6) is 0 Å². The highest BCUT2D eigenvalue weighted by Crippen LogP contribution is 2.44. The van der Waals surface area contributed by atoms with Crippen LogP contribution in [-0.2, 0) is 36.6 Å². The van der Waals surface area contributed by atoms with Crippen LogP contribution in [0.3, 0.4) is 0 Å². The Labute approximate surface area is 198 Å². The quantitative estimate of drug-likeness (QED) is 0.491. The number of aryl methyl sites for hydroxylation is 2. The van der Waals surface area contributed by atoms with E-state index in [1.54, 1.807) is 19.2 Å². The molecule has 0 bridgehead atoms. The molecule has 2 atom stereocenters. The Kier molecular flexibility index (Phi) is 7.96. The van der Waals surface area contributed by atoms with Crippen LogP contribution >= 0.6 is 0 Å². The van der Waals surface area contributed by atoms with E-state index in [1.807, 2.05) is 23.9 Å². The molecule has 0 saturated heterocycles. The average molecular weight is 451 g/mol. The molecule has 0 fully saturated rings. The number of hydrogen-bond acceptors (Lipinski definition) is 3. The number of unbranched alkanes of at least 4 members (excludes halogenated alkanes) is 1. The van der Waals surface area contributed by atoms with Crippen LogP contribution in [0, 0.1) is 11.8 Å². The third kappa shape index (κ3) is 5.14. The van der Waals surface area contributed by atoms with E-state index in [9.17, 15) is 9.90 Å². The summed E-state index contributed by atoms with van der Waals surface area (Å²) in [5, 5.41) is 14.6. The van der Waals surface area contributed by atoms with Gasteiger partial charge in [-0.15, -0.1) is 0 Å². The van der Waals surface area contributed by atoms with E-state index >= 15 is 0 Å². The normalized spacial score (nSPS) is 20.3. The first-order valence-electron chi connectivity index (χ1n) is 12.0. The summed E-state index contributed by atoms with van der Waals surface area (Å²) in [5.74, 6) is -0.346. The molecule has 0 radical (unpaired) electrons. The molecule has 33 heavy (non-hydrogen) atoms. The molecular formula is C28H38N2O3. The topological polar surface area (TPSA) is 64.4 Å². The Bertz CT molecular complexity index is 1050. The highest BCUT2D eigenvalue weighted by Gasteiger charge is 2.39. The molecule has 0 aliphatic heterocycles. The second kappa shape index (κ2) is 10.5. The van der Waals surface area contributed by atoms with E-state index in [4.69, 9.17) is 9.84 Å². The van der Waals surface area contributed by atoms with Crippen molar-refractivity contribution >= 4 is 5.97 Å². The first-order valence-corrected chi connectivity index (χ1v) is 12.0. The molecule has 5 nitrogen and oxygen atoms in total. The van der Waals surface area contributed by atoms with Gasteiger partial charge in [0.2, 0.25) is 0 Å². The Morgan fingerprint density at radius 3 is 2.67 bits per heavy atom. The van der Waals surface area contributed by atoms with E-state index in [0.717, 1.165) is 42.6 Å². The van der Waals surface area contributed by atoms with Gasteiger partial charge in [0, 0.05) is 31.6 Å². The molecule has 2 unspecified atom stereocenters. The summed E-state index contributed by atoms with van der Waals surface area (Å²) >= 11 is 0. The summed E-state index contributed by atoms with van der Waals surface area (Å²) < 4.78 is 7.45. The van der Waals surface area contributed by atoms with Crippen molar-refractivity contribution in [2.45, 2.75) is 65.4 Å². The van der Waals surface area contributed by atoms with E-state index in [2.05, 4.69) is 45.9 Å². The first-order chi connectivity index (χ1) is 15.7. The zero-order chi connectivity index (χ0) is 24.2. The minimum Gasteiger partial charge on any atom is -0.478 e. The van der Waals surface area contributed by atoms with Gasteiger partial charge in [-0.05, 0) is 41.9 Å². The monoisotopic (exact) mass is 450 g/mol. The number of benzene rings is 1. The first kappa shape index (κ1) is 25.0. The van der Waals surface area contributed by atoms with Crippen molar-refractivity contribution in [2.24, 2.45) is 18.9 Å². The van der Waals surface area contributed by atoms with Crippen LogP contribution in [-0.4, -0.2) is 28.0 Å². The number of methoxy groups -OCH3 is 1. The summed E-state index contributed by atoms with van der Waals surface area (Å²) in [6.07, 6.45) is 10.8. The third-order valence-electron chi connectivity index (χ3n) is 6.97. The number of carboxylic acid groups (broad SMARTS) is 1. The Hall–Kier alpha value is -2.66. The fourth-order valence-electron chi connectivity index (χ4n) is 5.20. The van der Waals surface area contributed by atoms with Crippen molar-refractivity contribution in [3.63, 3.8) is 0 Å². The SMILES string of the molecule is CCCCc1nn(C)c(COC)c1CC1=CC(C(C)C)C(C)(c2ccccc2C(=O)O)C=C1. The molecule has 0 amide bonds. The molecule has 0 spiro atoms. The lowest BCUT2D eigenvalue weighted by Crippen LogP contribution is -2.36. The second-order valence-corrected chi connectivity index (χ2v) is 9.69. The number of rotatable bonds is 10. The molecule has 178 valence electrons. The van der Waals surface area contributed by atoms with Crippen LogP contribution in [0.2, 0.25) is 0 Å². The molecular weight excluding hydrogens is 412 g/mol. The van der Waals surface area contributed by atoms with Gasteiger partial charge in [0.15, 0.2) is 0 Å². The Balaban J connectivity index is 2.01. The van der Waals surface area contributed by atoms with Crippen molar-refractivity contribution < 1.29 is 14.6 Å². The van der Waals surface area contributed by atoms with Gasteiger partial charge < -0.3 is 9.84 Å². The van der Waals surface area contributed by atoms with Crippen LogP contribution in [0.25, 0.3) is 0 Å². The fourth-order valence-corrected chi connectivity index (χ4v) is 5.20. The minimum atomic E-state index is -0.877. The summed E-state index contributed by atoms with van der Waals surface area (Å²) in [4.78, 5) is 12.0. The molecule has 1 aliphatic rings. The fraction of sp³-hybridized carbons (Fsp3) is 0.500. The molecule has 1 aliphatic carbocycles. The van der Waals surface area contributed by atoms with Crippen molar-refractivity contribution in [1.82, 2.24) is 9.78 Å². The summed E-state index contributed by atoms with van der Waals surface area (Å²) in [6, 6.07) is 7.40. The lowest BCUT2D eigenvalue weighted by molar-refractivity contribution is 0.0693. The van der Waals surface area contributed by atoms with Gasteiger partial charge in [0.1, 0.15) is 0 Å². The molecule has 1 N–H and O–H groups in total. The predicted molar refractivity (Wildman–Crippen MR) is 133 cm³/mol. The van der Waals surface area contributed by atoms with Crippen molar-refractivity contribution in [2.75, 3.05) is 7.11 Å². The Morgan fingerprint density at radius 2 is 2.03 bits per heavy atom. The Morgan fingerprint density at radius 1 is 1.30 bits per heavy atom. The van der Waals surface area contributed by atoms with Gasteiger partial charge in [0.25, 0.3) is 0 Å². The van der Waals surface area contributed by atoms with Gasteiger partial charge >= 0.3 is 5.97 Å². The minimum absolute atomic E-state index is 0.180. The number of aromatic carboxylic acids is 1. The second-order valence-electron chi connectivity index (χ2n) is 9.69. The lowest BCUT2D eigenvalue weighted by Gasteiger charge is -2.40. The van der Waals surface area contributed by atoms with E-state index < -0.39 is 5.97 Å². The van der Waals surface area contributed by atoms with Gasteiger partial charge in [-0.2, -0.15) is 5.10 Å². The highest BCUT2D eigenvalue weighted by molar-refractivity contribution is 5.90. The number of carbonyl (C=O) groups is 1. The summed E-state index contributed by atoms with van der Waals surface area (Å²) in [5.41, 5.74) is 5.66. The van der Waals surface area contributed by atoms with Gasteiger partial charge in [0.05, 0.1) is 23.6 Å². The van der Waals surface area contributed by atoms with Crippen molar-refractivity contribution in [3.8, 4) is 0 Å². The molecule has 1 aromatic carbocycles. The maximum Gasteiger partial charge on any atom is 0.335 e. The van der Waals surface area contributed by atoms with Gasteiger partial charge in [-0.3, -0.25) is 4.68 Å². The largest absolute Gasteiger partial charge is 0.478 e. The number of hydrogen-bond donors (Lipinski definition) is 1. The number of ether oxygens (including phenoxy) is 1. The maximum atomic E-state index is 12.0. The number of allylic oxidation sites excluding steroid dienone is 4. The smallest absolute Gasteiger partial charge is 0.335 e. The van der Waals surface area contributed by atoms with Crippen LogP contribution in [0.4, 0.5) is 0 Å². The standard InChI is InChI=1S/C28H38N2O3/c1-7-8-13-25-22(26(18-33-6)30(5)29-25)16-20-14-15-28(4,24(17-20)19(2)3)23-12-10-9-11-21(23)27(31)32/h9-12,14-15,17,19,24H,7-8,13,16,18H2,1-6H3,(H,31,32). The zero-order valence-electron chi connectivity index (χ0n) is 20.9. The summed E-state index contributed by atoms with van der Waals surface area (Å²) in [7, 11) is 3.72. The van der Waals surface area contributed by atoms with E-state index in [1.165, 1.54) is 11.1 Å². The zero-order valence-corrected chi connectivity index (χ0v) is 20.9. The molecule has 0 saturated carbocycles. The molecule has 3 rings (SSSR count). The van der Waals surface area contributed by atoms with Crippen LogP contribution in [0.1, 0.15) is 73.4 Å². The average Bonchev–Trinajstić information content (AvgIpc) is 3.07. The highest BCUT2D eigenvalue weighted by atomic mass is 16.5. The predicted octanol–water partition coefficient (Wildman–Crippen LogP) is 5.88. The molecule has 1 aromatic heterocycles.